The summed E-state index contributed by atoms with van der Waals surface area (Å²) in [6.45, 7) is 5.65. The van der Waals surface area contributed by atoms with Crippen LogP contribution in [0.1, 0.15) is 5.69 Å². The van der Waals surface area contributed by atoms with Crippen molar-refractivity contribution < 1.29 is 4.74 Å². The van der Waals surface area contributed by atoms with Crippen molar-refractivity contribution in [1.82, 2.24) is 30.0 Å². The number of H-pyrrole nitrogens is 2. The third-order valence-electron chi connectivity index (χ3n) is 6.18. The number of halogens is 1. The van der Waals surface area contributed by atoms with E-state index in [4.69, 9.17) is 21.3 Å². The first-order chi connectivity index (χ1) is 17.5. The molecule has 4 aromatic heterocycles. The van der Waals surface area contributed by atoms with Crippen molar-refractivity contribution in [2.75, 3.05) is 43.4 Å². The Morgan fingerprint density at radius 1 is 1.06 bits per heavy atom. The van der Waals surface area contributed by atoms with Crippen LogP contribution in [0.15, 0.2) is 47.8 Å². The molecular weight excluding hydrogens is 496 g/mol. The minimum atomic E-state index is 0.219. The van der Waals surface area contributed by atoms with Crippen molar-refractivity contribution in [2.45, 2.75) is 6.92 Å². The number of hydrogen-bond donors (Lipinski definition) is 3. The third-order valence-corrected chi connectivity index (χ3v) is 7.47. The molecule has 0 spiro atoms. The summed E-state index contributed by atoms with van der Waals surface area (Å²) in [4.78, 5) is 18.3. The van der Waals surface area contributed by atoms with E-state index in [-0.39, 0.29) is 6.01 Å². The lowest BCUT2D eigenvalue weighted by molar-refractivity contribution is 0.311. The predicted octanol–water partition coefficient (Wildman–Crippen LogP) is 5.66. The molecule has 1 aliphatic heterocycles. The monoisotopic (exact) mass is 520 g/mol. The van der Waals surface area contributed by atoms with Crippen LogP contribution < -0.4 is 15.0 Å². The van der Waals surface area contributed by atoms with Gasteiger partial charge >= 0.3 is 6.01 Å². The number of aromatic nitrogens is 5. The number of anilines is 3. The minimum Gasteiger partial charge on any atom is -0.423 e. The quantitative estimate of drug-likeness (QED) is 0.266. The molecule has 6 rings (SSSR count). The smallest absolute Gasteiger partial charge is 0.325 e. The van der Waals surface area contributed by atoms with Gasteiger partial charge in [-0.25, -0.2) is 0 Å². The largest absolute Gasteiger partial charge is 0.423 e. The molecule has 9 nitrogen and oxygen atoms in total. The summed E-state index contributed by atoms with van der Waals surface area (Å²) in [6.07, 6.45) is 0. The van der Waals surface area contributed by atoms with Gasteiger partial charge in [0.25, 0.3) is 0 Å². The maximum Gasteiger partial charge on any atom is 0.325 e. The number of aromatic amines is 2. The molecule has 5 heterocycles. The highest BCUT2D eigenvalue weighted by Crippen LogP contribution is 2.36. The van der Waals surface area contributed by atoms with E-state index in [0.29, 0.717) is 22.4 Å². The van der Waals surface area contributed by atoms with Gasteiger partial charge in [-0.3, -0.25) is 5.10 Å². The predicted molar refractivity (Wildman–Crippen MR) is 145 cm³/mol. The molecular formula is C25H25ClN8OS. The number of benzene rings is 1. The van der Waals surface area contributed by atoms with Gasteiger partial charge in [0.2, 0.25) is 0 Å². The van der Waals surface area contributed by atoms with E-state index in [1.54, 1.807) is 11.3 Å². The fourth-order valence-electron chi connectivity index (χ4n) is 4.26. The molecule has 1 aliphatic rings. The molecule has 36 heavy (non-hydrogen) atoms. The van der Waals surface area contributed by atoms with Crippen molar-refractivity contribution >= 4 is 51.3 Å². The number of thiophene rings is 1. The highest BCUT2D eigenvalue weighted by atomic mass is 35.5. The first-order valence-electron chi connectivity index (χ1n) is 11.7. The molecule has 11 heteroatoms. The van der Waals surface area contributed by atoms with E-state index in [1.807, 2.05) is 48.7 Å². The average molecular weight is 521 g/mol. The van der Waals surface area contributed by atoms with Crippen LogP contribution in [0.5, 0.6) is 11.8 Å². The Morgan fingerprint density at radius 3 is 2.72 bits per heavy atom. The van der Waals surface area contributed by atoms with Crippen LogP contribution in [-0.4, -0.2) is 63.3 Å². The van der Waals surface area contributed by atoms with Crippen LogP contribution in [0.3, 0.4) is 0 Å². The van der Waals surface area contributed by atoms with E-state index in [2.05, 4.69) is 48.4 Å². The Kier molecular flexibility index (Phi) is 6.00. The average Bonchev–Trinajstić information content (AvgIpc) is 3.62. The number of fused-ring (bicyclic) bond motifs is 1. The molecule has 0 saturated carbocycles. The first-order valence-corrected chi connectivity index (χ1v) is 12.9. The van der Waals surface area contributed by atoms with Crippen molar-refractivity contribution in [3.05, 3.63) is 58.6 Å². The van der Waals surface area contributed by atoms with Crippen LogP contribution in [0.4, 0.5) is 17.5 Å². The highest BCUT2D eigenvalue weighted by molar-refractivity contribution is 7.13. The lowest BCUT2D eigenvalue weighted by Crippen LogP contribution is -2.44. The Labute approximate surface area is 217 Å². The number of likely N-dealkylation sites (N-methyl/N-ethyl adjacent to an activating group) is 1. The van der Waals surface area contributed by atoms with Crippen LogP contribution in [0.2, 0.25) is 5.02 Å². The lowest BCUT2D eigenvalue weighted by atomic mass is 10.2. The fourth-order valence-corrected chi connectivity index (χ4v) is 5.21. The van der Waals surface area contributed by atoms with E-state index in [9.17, 15) is 0 Å². The highest BCUT2D eigenvalue weighted by Gasteiger charge is 2.19. The second-order valence-corrected chi connectivity index (χ2v) is 10.2. The summed E-state index contributed by atoms with van der Waals surface area (Å²) >= 11 is 8.34. The molecule has 5 aromatic rings. The zero-order valence-electron chi connectivity index (χ0n) is 19.9. The molecule has 0 bridgehead atoms. The maximum atomic E-state index is 6.69. The SMILES string of the molecule is Cc1cc2c(Cl)c(Oc3nc(Nc4cc(-c5cccs5)[nH]n4)cc(N4CCN(C)CC4)n3)ccc2[nH]1. The topological polar surface area (TPSA) is 98.0 Å². The Hall–Kier alpha value is -3.60. The molecule has 0 aliphatic carbocycles. The summed E-state index contributed by atoms with van der Waals surface area (Å²) in [7, 11) is 2.13. The number of hydrogen-bond acceptors (Lipinski definition) is 8. The van der Waals surface area contributed by atoms with Crippen molar-refractivity contribution in [3.63, 3.8) is 0 Å². The molecule has 1 fully saturated rings. The van der Waals surface area contributed by atoms with Gasteiger partial charge in [0.1, 0.15) is 17.4 Å². The Morgan fingerprint density at radius 2 is 1.92 bits per heavy atom. The summed E-state index contributed by atoms with van der Waals surface area (Å²) in [5.74, 6) is 2.55. The molecule has 184 valence electrons. The molecule has 0 radical (unpaired) electrons. The van der Waals surface area contributed by atoms with Crippen molar-refractivity contribution in [1.29, 1.82) is 0 Å². The van der Waals surface area contributed by atoms with E-state index in [1.165, 1.54) is 0 Å². The van der Waals surface area contributed by atoms with E-state index < -0.39 is 0 Å². The van der Waals surface area contributed by atoms with Gasteiger partial charge in [-0.05, 0) is 43.6 Å². The zero-order chi connectivity index (χ0) is 24.6. The van der Waals surface area contributed by atoms with Gasteiger partial charge in [-0.2, -0.15) is 15.1 Å². The molecule has 0 unspecified atom stereocenters. The van der Waals surface area contributed by atoms with Crippen LogP contribution >= 0.6 is 22.9 Å². The number of nitrogens with one attached hydrogen (secondary N) is 3. The number of piperazine rings is 1. The molecule has 0 amide bonds. The van der Waals surface area contributed by atoms with Crippen LogP contribution in [0.25, 0.3) is 21.5 Å². The summed E-state index contributed by atoms with van der Waals surface area (Å²) in [5.41, 5.74) is 2.93. The molecule has 0 atom stereocenters. The molecule has 3 N–H and O–H groups in total. The van der Waals surface area contributed by atoms with Gasteiger partial charge in [0.05, 0.1) is 15.6 Å². The molecule has 1 aromatic carbocycles. The van der Waals surface area contributed by atoms with Crippen molar-refractivity contribution in [2.24, 2.45) is 0 Å². The van der Waals surface area contributed by atoms with Crippen molar-refractivity contribution in [3.8, 4) is 22.3 Å². The normalized spacial score (nSPS) is 14.5. The number of nitrogens with zero attached hydrogens (tertiary/aromatic N) is 5. The number of aryl methyl sites for hydroxylation is 1. The summed E-state index contributed by atoms with van der Waals surface area (Å²) < 4.78 is 6.15. The fraction of sp³-hybridized carbons (Fsp3) is 0.240. The van der Waals surface area contributed by atoms with Crippen LogP contribution in [-0.2, 0) is 0 Å². The van der Waals surface area contributed by atoms with Gasteiger partial charge in [-0.1, -0.05) is 17.7 Å². The Bertz CT molecular complexity index is 1500. The van der Waals surface area contributed by atoms with Gasteiger partial charge in [0, 0.05) is 54.9 Å². The Balaban J connectivity index is 1.33. The third kappa shape index (κ3) is 4.62. The summed E-state index contributed by atoms with van der Waals surface area (Å²) in [6, 6.07) is 14.0. The van der Waals surface area contributed by atoms with E-state index >= 15 is 0 Å². The van der Waals surface area contributed by atoms with Gasteiger partial charge in [-0.15, -0.1) is 11.3 Å². The first kappa shape index (κ1) is 22.8. The second-order valence-electron chi connectivity index (χ2n) is 8.85. The zero-order valence-corrected chi connectivity index (χ0v) is 21.5. The summed E-state index contributed by atoms with van der Waals surface area (Å²) in [5, 5.41) is 14.3. The minimum absolute atomic E-state index is 0.219. The molecule has 1 saturated heterocycles. The van der Waals surface area contributed by atoms with Gasteiger partial charge in [0.15, 0.2) is 5.82 Å². The van der Waals surface area contributed by atoms with E-state index in [0.717, 1.165) is 59.2 Å². The number of ether oxygens (including phenoxy) is 1. The standard InChI is InChI=1S/C25H25ClN8OS/c1-15-12-16-17(27-15)5-6-19(24(16)26)35-25-29-21(14-23(30-25)34-9-7-33(2)8-10-34)28-22-13-18(31-32-22)20-4-3-11-36-20/h3-6,11-14,27H,7-10H2,1-2H3,(H2,28,29,30,31,32). The van der Waals surface area contributed by atoms with Gasteiger partial charge < -0.3 is 24.8 Å². The second kappa shape index (κ2) is 9.45. The number of rotatable bonds is 6. The maximum absolute atomic E-state index is 6.69. The van der Waals surface area contributed by atoms with Crippen LogP contribution in [0, 0.1) is 6.92 Å². The lowest BCUT2D eigenvalue weighted by Gasteiger charge is -2.33.